The van der Waals surface area contributed by atoms with Gasteiger partial charge in [0.1, 0.15) is 6.61 Å². The van der Waals surface area contributed by atoms with E-state index in [2.05, 4.69) is 20.0 Å². The molecule has 2 heterocycles. The predicted molar refractivity (Wildman–Crippen MR) is 135 cm³/mol. The second-order valence-electron chi connectivity index (χ2n) is 7.39. The normalized spacial score (nSPS) is 11.2. The smallest absolute Gasteiger partial charge is 0.256 e. The summed E-state index contributed by atoms with van der Waals surface area (Å²) in [6, 6.07) is 22.3. The number of carbonyl (C=O) groups is 1. The van der Waals surface area contributed by atoms with Crippen molar-refractivity contribution in [3.8, 4) is 5.75 Å². The summed E-state index contributed by atoms with van der Waals surface area (Å²) in [4.78, 5) is 20.9. The van der Waals surface area contributed by atoms with Gasteiger partial charge in [0.25, 0.3) is 15.9 Å². The Balaban J connectivity index is 1.38. The molecular weight excluding hydrogens is 464 g/mol. The predicted octanol–water partition coefficient (Wildman–Crippen LogP) is 4.72. The molecule has 35 heavy (non-hydrogen) atoms. The molecule has 0 atom stereocenters. The van der Waals surface area contributed by atoms with Gasteiger partial charge in [0.05, 0.1) is 5.41 Å². The summed E-state index contributed by atoms with van der Waals surface area (Å²) in [5.74, 6) is 0.297. The number of sulfonamides is 1. The number of pyridine rings is 2. The molecule has 2 aromatic heterocycles. The van der Waals surface area contributed by atoms with Gasteiger partial charge < -0.3 is 10.1 Å². The molecule has 0 bridgehead atoms. The highest BCUT2D eigenvalue weighted by Crippen LogP contribution is 2.23. The van der Waals surface area contributed by atoms with E-state index < -0.39 is 15.9 Å². The number of amides is 1. The van der Waals surface area contributed by atoms with Gasteiger partial charge in [-0.05, 0) is 65.7 Å². The molecule has 176 valence electrons. The van der Waals surface area contributed by atoms with Crippen LogP contribution < -0.4 is 14.8 Å². The molecule has 8 nitrogen and oxygen atoms in total. The van der Waals surface area contributed by atoms with E-state index in [1.807, 2.05) is 30.3 Å². The Kier molecular flexibility index (Phi) is 7.49. The molecule has 0 aliphatic heterocycles. The van der Waals surface area contributed by atoms with Crippen molar-refractivity contribution in [2.45, 2.75) is 6.61 Å². The maximum absolute atomic E-state index is 12.7. The Hall–Kier alpha value is -4.50. The monoisotopic (exact) mass is 486 g/mol. The molecule has 2 N–H and O–H groups in total. The molecule has 0 saturated carbocycles. The second kappa shape index (κ2) is 11.1. The fraction of sp³-hybridized carbons (Fsp3) is 0.0385. The quantitative estimate of drug-likeness (QED) is 0.354. The van der Waals surface area contributed by atoms with Crippen LogP contribution in [-0.2, 0) is 16.6 Å². The Morgan fingerprint density at radius 2 is 1.63 bits per heavy atom. The highest BCUT2D eigenvalue weighted by Gasteiger charge is 2.12. The van der Waals surface area contributed by atoms with Crippen LogP contribution in [0.4, 0.5) is 11.5 Å². The third kappa shape index (κ3) is 6.99. The summed E-state index contributed by atoms with van der Waals surface area (Å²) in [6.45, 7) is 0.296. The Morgan fingerprint density at radius 3 is 2.37 bits per heavy atom. The molecule has 0 unspecified atom stereocenters. The molecular formula is C26H22N4O4S. The lowest BCUT2D eigenvalue weighted by Crippen LogP contribution is -2.14. The highest BCUT2D eigenvalue weighted by molar-refractivity contribution is 7.95. The summed E-state index contributed by atoms with van der Waals surface area (Å²) in [5.41, 5.74) is 2.36. The van der Waals surface area contributed by atoms with Gasteiger partial charge in [-0.2, -0.15) is 0 Å². The lowest BCUT2D eigenvalue weighted by molar-refractivity contribution is 0.102. The van der Waals surface area contributed by atoms with E-state index >= 15 is 0 Å². The van der Waals surface area contributed by atoms with E-state index in [4.69, 9.17) is 4.74 Å². The van der Waals surface area contributed by atoms with E-state index in [0.717, 1.165) is 16.5 Å². The van der Waals surface area contributed by atoms with Crippen molar-refractivity contribution in [1.82, 2.24) is 9.97 Å². The van der Waals surface area contributed by atoms with Crippen LogP contribution >= 0.6 is 0 Å². The van der Waals surface area contributed by atoms with E-state index in [0.29, 0.717) is 23.6 Å². The average molecular weight is 487 g/mol. The van der Waals surface area contributed by atoms with Crippen LogP contribution in [0.3, 0.4) is 0 Å². The fourth-order valence-electron chi connectivity index (χ4n) is 3.04. The van der Waals surface area contributed by atoms with E-state index in [-0.39, 0.29) is 5.82 Å². The van der Waals surface area contributed by atoms with Crippen molar-refractivity contribution in [3.05, 3.63) is 120 Å². The number of carbonyl (C=O) groups excluding carboxylic acids is 1. The number of anilines is 2. The summed E-state index contributed by atoms with van der Waals surface area (Å²) in [5, 5.41) is 3.83. The molecule has 0 saturated heterocycles. The second-order valence-corrected chi connectivity index (χ2v) is 8.95. The molecule has 0 aliphatic rings. The van der Waals surface area contributed by atoms with Crippen molar-refractivity contribution in [2.75, 3.05) is 10.0 Å². The Morgan fingerprint density at radius 1 is 0.886 bits per heavy atom. The fourth-order valence-corrected chi connectivity index (χ4v) is 3.91. The van der Waals surface area contributed by atoms with Gasteiger partial charge >= 0.3 is 0 Å². The first-order valence-corrected chi connectivity index (χ1v) is 12.2. The molecule has 0 fully saturated rings. The number of benzene rings is 2. The molecule has 9 heteroatoms. The number of aromatic nitrogens is 2. The van der Waals surface area contributed by atoms with Crippen molar-refractivity contribution in [2.24, 2.45) is 0 Å². The van der Waals surface area contributed by atoms with Crippen LogP contribution in [0.15, 0.2) is 103 Å². The summed E-state index contributed by atoms with van der Waals surface area (Å²) in [7, 11) is -3.71. The molecule has 4 rings (SSSR count). The van der Waals surface area contributed by atoms with Crippen molar-refractivity contribution < 1.29 is 17.9 Å². The zero-order valence-corrected chi connectivity index (χ0v) is 19.4. The maximum Gasteiger partial charge on any atom is 0.256 e. The van der Waals surface area contributed by atoms with Crippen LogP contribution in [0.5, 0.6) is 5.75 Å². The zero-order valence-electron chi connectivity index (χ0n) is 18.5. The Labute approximate surface area is 203 Å². The molecule has 0 aliphatic carbocycles. The lowest BCUT2D eigenvalue weighted by Gasteiger charge is -2.12. The van der Waals surface area contributed by atoms with Crippen molar-refractivity contribution >= 4 is 33.5 Å². The zero-order chi connectivity index (χ0) is 24.5. The number of rotatable bonds is 9. The third-order valence-corrected chi connectivity index (χ3v) is 5.81. The van der Waals surface area contributed by atoms with Gasteiger partial charge in [0.2, 0.25) is 0 Å². The first kappa shape index (κ1) is 23.7. The summed E-state index contributed by atoms with van der Waals surface area (Å²) >= 11 is 0. The lowest BCUT2D eigenvalue weighted by atomic mass is 10.2. The minimum atomic E-state index is -3.71. The maximum atomic E-state index is 12.7. The van der Waals surface area contributed by atoms with E-state index in [1.54, 1.807) is 42.9 Å². The SMILES string of the molecule is O=C(Nc1ncccc1OCc1ccncc1)c1ccc(NS(=O)(=O)/C=C/c2ccccc2)cc1. The van der Waals surface area contributed by atoms with Gasteiger partial charge in [0.15, 0.2) is 11.6 Å². The van der Waals surface area contributed by atoms with Crippen LogP contribution in [0.25, 0.3) is 6.08 Å². The van der Waals surface area contributed by atoms with E-state index in [9.17, 15) is 13.2 Å². The van der Waals surface area contributed by atoms with Gasteiger partial charge in [-0.3, -0.25) is 14.5 Å². The first-order chi connectivity index (χ1) is 17.0. The van der Waals surface area contributed by atoms with Crippen LogP contribution in [-0.4, -0.2) is 24.3 Å². The number of hydrogen-bond donors (Lipinski definition) is 2. The number of nitrogens with zero attached hydrogens (tertiary/aromatic N) is 2. The number of hydrogen-bond acceptors (Lipinski definition) is 6. The number of ether oxygens (including phenoxy) is 1. The highest BCUT2D eigenvalue weighted by atomic mass is 32.2. The molecule has 1 amide bonds. The Bertz CT molecular complexity index is 1410. The van der Waals surface area contributed by atoms with Gasteiger partial charge in [-0.1, -0.05) is 30.3 Å². The standard InChI is InChI=1S/C26H22N4O4S/c31-26(29-25-24(7-4-15-28-25)34-19-21-12-16-27-17-13-21)22-8-10-23(11-9-22)30-35(32,33)18-14-20-5-2-1-3-6-20/h1-18,30H,19H2,(H,28,29,31)/b18-14+. The van der Waals surface area contributed by atoms with Gasteiger partial charge in [-0.25, -0.2) is 13.4 Å². The minimum absolute atomic E-state index is 0.280. The topological polar surface area (TPSA) is 110 Å². The first-order valence-electron chi connectivity index (χ1n) is 10.6. The largest absolute Gasteiger partial charge is 0.485 e. The van der Waals surface area contributed by atoms with E-state index in [1.165, 1.54) is 30.3 Å². The van der Waals surface area contributed by atoms with Gasteiger partial charge in [0, 0.05) is 29.8 Å². The van der Waals surface area contributed by atoms with Crippen LogP contribution in [0.2, 0.25) is 0 Å². The molecule has 0 radical (unpaired) electrons. The number of nitrogens with one attached hydrogen (secondary N) is 2. The van der Waals surface area contributed by atoms with Crippen molar-refractivity contribution in [1.29, 1.82) is 0 Å². The molecule has 4 aromatic rings. The summed E-state index contributed by atoms with van der Waals surface area (Å²) < 4.78 is 32.9. The van der Waals surface area contributed by atoms with Gasteiger partial charge in [-0.15, -0.1) is 0 Å². The van der Waals surface area contributed by atoms with Crippen LogP contribution in [0, 0.1) is 0 Å². The summed E-state index contributed by atoms with van der Waals surface area (Å²) in [6.07, 6.45) is 6.41. The average Bonchev–Trinajstić information content (AvgIpc) is 2.88. The van der Waals surface area contributed by atoms with Crippen LogP contribution in [0.1, 0.15) is 21.5 Å². The van der Waals surface area contributed by atoms with Crippen molar-refractivity contribution in [3.63, 3.8) is 0 Å². The third-order valence-electron chi connectivity index (χ3n) is 4.79. The molecule has 0 spiro atoms. The minimum Gasteiger partial charge on any atom is -0.485 e. The molecule has 2 aromatic carbocycles.